The Morgan fingerprint density at radius 1 is 0.871 bits per heavy atom. The molecular formula is C22H28N4O5. The van der Waals surface area contributed by atoms with Gasteiger partial charge in [0.2, 0.25) is 5.91 Å². The van der Waals surface area contributed by atoms with E-state index in [1.165, 1.54) is 12.4 Å². The van der Waals surface area contributed by atoms with Gasteiger partial charge in [-0.3, -0.25) is 19.6 Å². The number of carbonyl (C=O) groups excluding carboxylic acids is 3. The molecule has 31 heavy (non-hydrogen) atoms. The quantitative estimate of drug-likeness (QED) is 0.275. The number of aliphatic hydroxyl groups excluding tert-OH is 1. The largest absolute Gasteiger partial charge is 0.391 e. The van der Waals surface area contributed by atoms with Gasteiger partial charge in [0, 0.05) is 11.3 Å². The van der Waals surface area contributed by atoms with Crippen LogP contribution in [-0.4, -0.2) is 46.2 Å². The van der Waals surface area contributed by atoms with Crippen LogP contribution in [0.5, 0.6) is 0 Å². The molecule has 0 unspecified atom stereocenters. The maximum atomic E-state index is 12.3. The van der Waals surface area contributed by atoms with Crippen LogP contribution in [0.25, 0.3) is 11.1 Å². The normalized spacial score (nSPS) is 13.8. The fraction of sp³-hybridized carbons (Fsp3) is 0.318. The van der Waals surface area contributed by atoms with E-state index in [2.05, 4.69) is 10.6 Å². The number of hydroxylamine groups is 1. The van der Waals surface area contributed by atoms with Crippen LogP contribution in [-0.2, 0) is 9.59 Å². The molecule has 166 valence electrons. The smallest absolute Gasteiger partial charge is 0.268 e. The van der Waals surface area contributed by atoms with Crippen LogP contribution in [0, 0.1) is 5.92 Å². The molecule has 3 amide bonds. The van der Waals surface area contributed by atoms with Crippen molar-refractivity contribution in [2.45, 2.75) is 39.0 Å². The van der Waals surface area contributed by atoms with E-state index in [9.17, 15) is 19.5 Å². The molecule has 0 aromatic heterocycles. The zero-order valence-corrected chi connectivity index (χ0v) is 17.6. The first-order valence-corrected chi connectivity index (χ1v) is 9.83. The number of nitrogens with one attached hydrogen (secondary N) is 3. The molecule has 2 aromatic carbocycles. The van der Waals surface area contributed by atoms with Gasteiger partial charge in [-0.05, 0) is 48.2 Å². The average molecular weight is 428 g/mol. The Hall–Kier alpha value is -3.27. The van der Waals surface area contributed by atoms with Gasteiger partial charge in [0.1, 0.15) is 6.04 Å². The zero-order chi connectivity index (χ0) is 23.1. The number of hydrogen-bond donors (Lipinski definition) is 6. The minimum Gasteiger partial charge on any atom is -0.391 e. The maximum Gasteiger partial charge on any atom is 0.268 e. The Bertz CT molecular complexity index is 911. The van der Waals surface area contributed by atoms with E-state index in [1.54, 1.807) is 36.4 Å². The van der Waals surface area contributed by atoms with Crippen LogP contribution in [0.15, 0.2) is 48.5 Å². The molecule has 0 fully saturated rings. The lowest BCUT2D eigenvalue weighted by molar-refractivity contribution is -0.133. The van der Waals surface area contributed by atoms with Gasteiger partial charge < -0.3 is 21.5 Å². The molecule has 0 saturated carbocycles. The number of rotatable bonds is 8. The van der Waals surface area contributed by atoms with Crippen molar-refractivity contribution >= 4 is 23.4 Å². The van der Waals surface area contributed by atoms with E-state index in [1.807, 2.05) is 26.0 Å². The van der Waals surface area contributed by atoms with Gasteiger partial charge >= 0.3 is 0 Å². The van der Waals surface area contributed by atoms with E-state index in [-0.39, 0.29) is 17.4 Å². The summed E-state index contributed by atoms with van der Waals surface area (Å²) in [6.07, 6.45) is -1.19. The number of anilines is 1. The highest BCUT2D eigenvalue weighted by atomic mass is 16.5. The summed E-state index contributed by atoms with van der Waals surface area (Å²) in [5, 5.41) is 23.5. The fourth-order valence-corrected chi connectivity index (χ4v) is 2.79. The average Bonchev–Trinajstić information content (AvgIpc) is 2.76. The second kappa shape index (κ2) is 10.7. The van der Waals surface area contributed by atoms with E-state index < -0.39 is 30.0 Å². The van der Waals surface area contributed by atoms with Gasteiger partial charge in [0.05, 0.1) is 12.1 Å². The molecule has 0 saturated heterocycles. The molecule has 0 aliphatic carbocycles. The lowest BCUT2D eigenvalue weighted by Gasteiger charge is -2.19. The predicted molar refractivity (Wildman–Crippen MR) is 116 cm³/mol. The molecule has 2 rings (SSSR count). The van der Waals surface area contributed by atoms with Crippen molar-refractivity contribution in [1.29, 1.82) is 0 Å². The number of amides is 3. The molecule has 0 bridgehead atoms. The first kappa shape index (κ1) is 24.0. The summed E-state index contributed by atoms with van der Waals surface area (Å²) >= 11 is 0. The summed E-state index contributed by atoms with van der Waals surface area (Å²) in [6.45, 7) is 5.08. The number of benzene rings is 2. The standard InChI is InChI=1S/C22H28N4O5/c1-12(2)18(23)21(29)24-17-10-8-15(9-11-17)14-4-6-16(7-5-14)20(28)25-19(13(3)27)22(30)26-31/h4-13,18-19,27,31H,23H2,1-3H3,(H,24,29)(H,25,28)(H,26,30)/t13-,18+,19+/m1/s1. The van der Waals surface area contributed by atoms with E-state index in [0.717, 1.165) is 11.1 Å². The topological polar surface area (TPSA) is 154 Å². The number of hydrogen-bond acceptors (Lipinski definition) is 6. The Balaban J connectivity index is 2.07. The lowest BCUT2D eigenvalue weighted by Crippen LogP contribution is -2.51. The molecule has 0 heterocycles. The monoisotopic (exact) mass is 428 g/mol. The lowest BCUT2D eigenvalue weighted by atomic mass is 10.0. The van der Waals surface area contributed by atoms with Gasteiger partial charge in [-0.2, -0.15) is 0 Å². The highest BCUT2D eigenvalue weighted by Gasteiger charge is 2.25. The summed E-state index contributed by atoms with van der Waals surface area (Å²) < 4.78 is 0. The molecule has 3 atom stereocenters. The van der Waals surface area contributed by atoms with Gasteiger partial charge in [0.25, 0.3) is 11.8 Å². The van der Waals surface area contributed by atoms with Crippen LogP contribution in [0.1, 0.15) is 31.1 Å². The third kappa shape index (κ3) is 6.35. The summed E-state index contributed by atoms with van der Waals surface area (Å²) in [7, 11) is 0. The van der Waals surface area contributed by atoms with E-state index in [4.69, 9.17) is 10.9 Å². The first-order chi connectivity index (χ1) is 14.6. The summed E-state index contributed by atoms with van der Waals surface area (Å²) in [5.74, 6) is -1.70. The van der Waals surface area contributed by atoms with Crippen molar-refractivity contribution in [2.75, 3.05) is 5.32 Å². The van der Waals surface area contributed by atoms with E-state index in [0.29, 0.717) is 5.69 Å². The van der Waals surface area contributed by atoms with Gasteiger partial charge in [-0.15, -0.1) is 0 Å². The number of aliphatic hydroxyl groups is 1. The number of nitrogens with two attached hydrogens (primary N) is 1. The van der Waals surface area contributed by atoms with Gasteiger partial charge in [-0.25, -0.2) is 5.48 Å². The molecule has 9 nitrogen and oxygen atoms in total. The Morgan fingerprint density at radius 3 is 1.84 bits per heavy atom. The minimum absolute atomic E-state index is 0.0314. The molecule has 0 aliphatic rings. The van der Waals surface area contributed by atoms with Gasteiger partial charge in [0.15, 0.2) is 0 Å². The molecule has 0 spiro atoms. The molecule has 9 heteroatoms. The van der Waals surface area contributed by atoms with Crippen LogP contribution >= 0.6 is 0 Å². The molecule has 2 aromatic rings. The van der Waals surface area contributed by atoms with Crippen molar-refractivity contribution in [3.8, 4) is 11.1 Å². The van der Waals surface area contributed by atoms with Crippen molar-refractivity contribution in [3.63, 3.8) is 0 Å². The molecule has 0 radical (unpaired) electrons. The fourth-order valence-electron chi connectivity index (χ4n) is 2.79. The van der Waals surface area contributed by atoms with Crippen LogP contribution in [0.3, 0.4) is 0 Å². The zero-order valence-electron chi connectivity index (χ0n) is 17.6. The number of carbonyl (C=O) groups is 3. The van der Waals surface area contributed by atoms with Crippen LogP contribution < -0.4 is 21.8 Å². The first-order valence-electron chi connectivity index (χ1n) is 9.83. The predicted octanol–water partition coefficient (Wildman–Crippen LogP) is 1.26. The van der Waals surface area contributed by atoms with E-state index >= 15 is 0 Å². The summed E-state index contributed by atoms with van der Waals surface area (Å²) in [6, 6.07) is 12.0. The van der Waals surface area contributed by atoms with Gasteiger partial charge in [-0.1, -0.05) is 38.1 Å². The SMILES string of the molecule is CC(C)[C@H](N)C(=O)Nc1ccc(-c2ccc(C(=O)N[C@H](C(=O)NO)[C@@H](C)O)cc2)cc1. The highest BCUT2D eigenvalue weighted by Crippen LogP contribution is 2.22. The third-order valence-electron chi connectivity index (χ3n) is 4.82. The Labute approximate surface area is 180 Å². The molecule has 0 aliphatic heterocycles. The second-order valence-electron chi connectivity index (χ2n) is 7.58. The third-order valence-corrected chi connectivity index (χ3v) is 4.82. The summed E-state index contributed by atoms with van der Waals surface area (Å²) in [4.78, 5) is 36.0. The van der Waals surface area contributed by atoms with Crippen molar-refractivity contribution < 1.29 is 24.7 Å². The summed E-state index contributed by atoms with van der Waals surface area (Å²) in [5.41, 5.74) is 9.89. The maximum absolute atomic E-state index is 12.3. The Morgan fingerprint density at radius 2 is 1.39 bits per heavy atom. The second-order valence-corrected chi connectivity index (χ2v) is 7.58. The molecule has 7 N–H and O–H groups in total. The Kier molecular flexibility index (Phi) is 8.26. The van der Waals surface area contributed by atoms with Crippen molar-refractivity contribution in [2.24, 2.45) is 11.7 Å². The van der Waals surface area contributed by atoms with Crippen LogP contribution in [0.2, 0.25) is 0 Å². The van der Waals surface area contributed by atoms with Crippen molar-refractivity contribution in [3.05, 3.63) is 54.1 Å². The van der Waals surface area contributed by atoms with Crippen molar-refractivity contribution in [1.82, 2.24) is 10.8 Å². The highest BCUT2D eigenvalue weighted by molar-refractivity contribution is 5.98. The molecular weight excluding hydrogens is 400 g/mol. The van der Waals surface area contributed by atoms with Crippen LogP contribution in [0.4, 0.5) is 5.69 Å². The minimum atomic E-state index is -1.29.